The quantitative estimate of drug-likeness (QED) is 0.688. The second-order valence-electron chi connectivity index (χ2n) is 5.90. The van der Waals surface area contributed by atoms with Crippen LogP contribution >= 0.6 is 0 Å². The molecule has 82 valence electrons. The molecule has 2 rings (SSSR count). The molecule has 1 aliphatic carbocycles. The fourth-order valence-electron chi connectivity index (χ4n) is 2.95. The van der Waals surface area contributed by atoms with Gasteiger partial charge in [0.2, 0.25) is 0 Å². The van der Waals surface area contributed by atoms with Crippen molar-refractivity contribution in [3.05, 3.63) is 0 Å². The number of piperazine rings is 1. The maximum absolute atomic E-state index is 3.55. The molecule has 14 heavy (non-hydrogen) atoms. The summed E-state index contributed by atoms with van der Waals surface area (Å²) in [4.78, 5) is 2.73. The minimum Gasteiger partial charge on any atom is -0.311 e. The van der Waals surface area contributed by atoms with Gasteiger partial charge in [0.15, 0.2) is 0 Å². The molecule has 1 N–H and O–H groups in total. The van der Waals surface area contributed by atoms with Crippen LogP contribution in [0.1, 0.15) is 40.5 Å². The van der Waals surface area contributed by atoms with E-state index in [1.807, 2.05) is 0 Å². The average molecular weight is 196 g/mol. The van der Waals surface area contributed by atoms with Crippen molar-refractivity contribution in [3.63, 3.8) is 0 Å². The van der Waals surface area contributed by atoms with Gasteiger partial charge in [0.1, 0.15) is 0 Å². The molecule has 0 aromatic carbocycles. The summed E-state index contributed by atoms with van der Waals surface area (Å²) < 4.78 is 0. The topological polar surface area (TPSA) is 15.3 Å². The maximum atomic E-state index is 3.55. The van der Waals surface area contributed by atoms with Crippen molar-refractivity contribution >= 4 is 0 Å². The summed E-state index contributed by atoms with van der Waals surface area (Å²) in [6.07, 6.45) is 2.81. The van der Waals surface area contributed by atoms with Crippen LogP contribution in [-0.4, -0.2) is 36.1 Å². The monoisotopic (exact) mass is 196 g/mol. The van der Waals surface area contributed by atoms with Crippen LogP contribution in [0.4, 0.5) is 0 Å². The zero-order chi connectivity index (χ0) is 10.3. The van der Waals surface area contributed by atoms with E-state index in [0.29, 0.717) is 11.5 Å². The average Bonchev–Trinajstić information content (AvgIpc) is 2.10. The molecule has 2 heteroatoms. The van der Waals surface area contributed by atoms with Gasteiger partial charge in [-0.25, -0.2) is 0 Å². The van der Waals surface area contributed by atoms with Crippen LogP contribution in [0.2, 0.25) is 0 Å². The summed E-state index contributed by atoms with van der Waals surface area (Å²) in [5.41, 5.74) is 0.561. The van der Waals surface area contributed by atoms with E-state index in [1.165, 1.54) is 19.4 Å². The molecular formula is C12H24N2. The predicted molar refractivity (Wildman–Crippen MR) is 60.4 cm³/mol. The number of rotatable bonds is 1. The molecule has 1 saturated heterocycles. The van der Waals surface area contributed by atoms with E-state index in [-0.39, 0.29) is 0 Å². The summed E-state index contributed by atoms with van der Waals surface area (Å²) in [5, 5.41) is 3.55. The summed E-state index contributed by atoms with van der Waals surface area (Å²) in [6.45, 7) is 11.9. The summed E-state index contributed by atoms with van der Waals surface area (Å²) in [7, 11) is 0. The Morgan fingerprint density at radius 2 is 2.00 bits per heavy atom. The molecule has 0 bridgehead atoms. The third-order valence-corrected chi connectivity index (χ3v) is 4.18. The van der Waals surface area contributed by atoms with Gasteiger partial charge in [0.05, 0.1) is 0 Å². The van der Waals surface area contributed by atoms with Gasteiger partial charge < -0.3 is 5.32 Å². The highest BCUT2D eigenvalue weighted by molar-refractivity contribution is 4.99. The minimum absolute atomic E-state index is 0.561. The third-order valence-electron chi connectivity index (χ3n) is 4.18. The fourth-order valence-corrected chi connectivity index (χ4v) is 2.95. The summed E-state index contributed by atoms with van der Waals surface area (Å²) in [5.74, 6) is 0. The minimum atomic E-state index is 0.561. The first kappa shape index (κ1) is 10.4. The van der Waals surface area contributed by atoms with Crippen LogP contribution in [0.15, 0.2) is 0 Å². The Labute approximate surface area is 88.1 Å². The van der Waals surface area contributed by atoms with Crippen molar-refractivity contribution in [2.45, 2.75) is 58.7 Å². The first-order chi connectivity index (χ1) is 6.50. The smallest absolute Gasteiger partial charge is 0.0196 e. The molecule has 0 aromatic rings. The van der Waals surface area contributed by atoms with Crippen molar-refractivity contribution < 1.29 is 0 Å². The Kier molecular flexibility index (Phi) is 2.61. The molecule has 1 heterocycles. The normalized spacial score (nSPS) is 43.3. The van der Waals surface area contributed by atoms with E-state index in [2.05, 4.69) is 37.9 Å². The summed E-state index contributed by atoms with van der Waals surface area (Å²) >= 11 is 0. The molecule has 0 amide bonds. The van der Waals surface area contributed by atoms with Gasteiger partial charge in [-0.05, 0) is 32.1 Å². The van der Waals surface area contributed by atoms with Crippen LogP contribution in [0.3, 0.4) is 0 Å². The molecule has 3 unspecified atom stereocenters. The zero-order valence-electron chi connectivity index (χ0n) is 10.0. The van der Waals surface area contributed by atoms with E-state index in [9.17, 15) is 0 Å². The molecule has 1 aliphatic heterocycles. The molecule has 2 aliphatic rings. The van der Waals surface area contributed by atoms with Crippen molar-refractivity contribution in [2.24, 2.45) is 5.41 Å². The van der Waals surface area contributed by atoms with Crippen molar-refractivity contribution in [2.75, 3.05) is 13.1 Å². The number of hydrogen-bond donors (Lipinski definition) is 1. The van der Waals surface area contributed by atoms with Crippen molar-refractivity contribution in [3.8, 4) is 0 Å². The third kappa shape index (κ3) is 1.70. The predicted octanol–water partition coefficient (Wildman–Crippen LogP) is 1.86. The number of nitrogens with zero attached hydrogens (tertiary/aromatic N) is 1. The SMILES string of the molecule is CC1CN(C2CCC2(C)C)C(C)CN1. The van der Waals surface area contributed by atoms with Gasteiger partial charge in [0.25, 0.3) is 0 Å². The van der Waals surface area contributed by atoms with Gasteiger partial charge in [-0.2, -0.15) is 0 Å². The Balaban J connectivity index is 2.01. The number of hydrogen-bond acceptors (Lipinski definition) is 2. The van der Waals surface area contributed by atoms with E-state index in [0.717, 1.165) is 18.6 Å². The van der Waals surface area contributed by atoms with Gasteiger partial charge in [-0.1, -0.05) is 13.8 Å². The number of nitrogens with one attached hydrogen (secondary N) is 1. The Morgan fingerprint density at radius 3 is 2.50 bits per heavy atom. The highest BCUT2D eigenvalue weighted by atomic mass is 15.3. The molecule has 1 saturated carbocycles. The lowest BCUT2D eigenvalue weighted by atomic mass is 9.66. The van der Waals surface area contributed by atoms with Gasteiger partial charge in [-0.3, -0.25) is 4.90 Å². The van der Waals surface area contributed by atoms with Crippen molar-refractivity contribution in [1.82, 2.24) is 10.2 Å². The van der Waals surface area contributed by atoms with Gasteiger partial charge in [0, 0.05) is 31.2 Å². The first-order valence-electron chi connectivity index (χ1n) is 6.00. The second-order valence-corrected chi connectivity index (χ2v) is 5.90. The Morgan fingerprint density at radius 1 is 1.29 bits per heavy atom. The summed E-state index contributed by atoms with van der Waals surface area (Å²) in [6, 6.07) is 2.22. The van der Waals surface area contributed by atoms with Crippen molar-refractivity contribution in [1.29, 1.82) is 0 Å². The molecule has 2 fully saturated rings. The molecular weight excluding hydrogens is 172 g/mol. The molecule has 3 atom stereocenters. The van der Waals surface area contributed by atoms with E-state index >= 15 is 0 Å². The van der Waals surface area contributed by atoms with Crippen LogP contribution in [0.25, 0.3) is 0 Å². The standard InChI is InChI=1S/C12H24N2/c1-9-8-14(10(2)7-13-9)11-5-6-12(11,3)4/h9-11,13H,5-8H2,1-4H3. The van der Waals surface area contributed by atoms with Crippen LogP contribution in [0, 0.1) is 5.41 Å². The van der Waals surface area contributed by atoms with Crippen LogP contribution < -0.4 is 5.32 Å². The Bertz CT molecular complexity index is 212. The van der Waals surface area contributed by atoms with Gasteiger partial charge >= 0.3 is 0 Å². The Hall–Kier alpha value is -0.0800. The fraction of sp³-hybridized carbons (Fsp3) is 1.00. The molecule has 0 spiro atoms. The highest BCUT2D eigenvalue weighted by Gasteiger charge is 2.44. The van der Waals surface area contributed by atoms with Crippen LogP contribution in [0.5, 0.6) is 0 Å². The van der Waals surface area contributed by atoms with Crippen LogP contribution in [-0.2, 0) is 0 Å². The van der Waals surface area contributed by atoms with E-state index < -0.39 is 0 Å². The molecule has 2 nitrogen and oxygen atoms in total. The van der Waals surface area contributed by atoms with E-state index in [4.69, 9.17) is 0 Å². The largest absolute Gasteiger partial charge is 0.311 e. The first-order valence-corrected chi connectivity index (χ1v) is 6.00. The lowest BCUT2D eigenvalue weighted by molar-refractivity contribution is -0.0377. The van der Waals surface area contributed by atoms with Gasteiger partial charge in [-0.15, -0.1) is 0 Å². The molecule has 0 radical (unpaired) electrons. The lowest BCUT2D eigenvalue weighted by Crippen LogP contribution is -2.63. The maximum Gasteiger partial charge on any atom is 0.0196 e. The van der Waals surface area contributed by atoms with E-state index in [1.54, 1.807) is 0 Å². The lowest BCUT2D eigenvalue weighted by Gasteiger charge is -2.54. The highest BCUT2D eigenvalue weighted by Crippen LogP contribution is 2.44. The molecule has 0 aromatic heterocycles. The zero-order valence-corrected chi connectivity index (χ0v) is 10.0. The second kappa shape index (κ2) is 3.49.